The molecular formula is C14H22N4O3S. The number of hydrogen-bond donors (Lipinski definition) is 0. The van der Waals surface area contributed by atoms with E-state index in [1.807, 2.05) is 13.8 Å². The molecule has 1 atom stereocenters. The quantitative estimate of drug-likeness (QED) is 0.787. The zero-order valence-corrected chi connectivity index (χ0v) is 14.0. The second kappa shape index (κ2) is 6.60. The molecule has 1 amide bonds. The summed E-state index contributed by atoms with van der Waals surface area (Å²) in [6.07, 6.45) is 3.59. The van der Waals surface area contributed by atoms with Crippen molar-refractivity contribution in [2.75, 3.05) is 36.5 Å². The Kier molecular flexibility index (Phi) is 5.00. The van der Waals surface area contributed by atoms with Gasteiger partial charge in [0.1, 0.15) is 0 Å². The number of rotatable bonds is 5. The molecule has 0 spiro atoms. The van der Waals surface area contributed by atoms with Crippen LogP contribution in [-0.4, -0.2) is 66.9 Å². The van der Waals surface area contributed by atoms with Gasteiger partial charge in [-0.1, -0.05) is 0 Å². The standard InChI is InChI=1S/C14H22N4O3S/c1-4-18(5-2)13(19)11-8-15-14(16-9-11)17(3)12-6-7-22(20,21)10-12/h8-9,12H,4-7,10H2,1-3H3. The molecule has 1 aliphatic rings. The molecule has 7 nitrogen and oxygen atoms in total. The monoisotopic (exact) mass is 326 g/mol. The van der Waals surface area contributed by atoms with Gasteiger partial charge in [0.2, 0.25) is 5.95 Å². The minimum Gasteiger partial charge on any atom is -0.340 e. The lowest BCUT2D eigenvalue weighted by Crippen LogP contribution is -2.34. The van der Waals surface area contributed by atoms with Gasteiger partial charge in [0.25, 0.3) is 5.91 Å². The highest BCUT2D eigenvalue weighted by Crippen LogP contribution is 2.20. The Hall–Kier alpha value is -1.70. The molecule has 2 heterocycles. The molecule has 1 aliphatic heterocycles. The number of sulfone groups is 1. The van der Waals surface area contributed by atoms with Crippen LogP contribution in [0, 0.1) is 0 Å². The summed E-state index contributed by atoms with van der Waals surface area (Å²) < 4.78 is 23.1. The summed E-state index contributed by atoms with van der Waals surface area (Å²) in [6.45, 7) is 5.11. The highest BCUT2D eigenvalue weighted by Gasteiger charge is 2.31. The van der Waals surface area contributed by atoms with Crippen LogP contribution in [0.3, 0.4) is 0 Å². The Morgan fingerprint density at radius 3 is 2.32 bits per heavy atom. The summed E-state index contributed by atoms with van der Waals surface area (Å²) >= 11 is 0. The van der Waals surface area contributed by atoms with E-state index in [2.05, 4.69) is 9.97 Å². The predicted molar refractivity (Wildman–Crippen MR) is 84.7 cm³/mol. The highest BCUT2D eigenvalue weighted by molar-refractivity contribution is 7.91. The summed E-state index contributed by atoms with van der Waals surface area (Å²) in [5.74, 6) is 0.689. The maximum absolute atomic E-state index is 12.2. The molecule has 0 bridgehead atoms. The van der Waals surface area contributed by atoms with Crippen molar-refractivity contribution >= 4 is 21.7 Å². The molecule has 1 fully saturated rings. The number of hydrogen-bond acceptors (Lipinski definition) is 6. The minimum atomic E-state index is -2.95. The van der Waals surface area contributed by atoms with Gasteiger partial charge >= 0.3 is 0 Å². The molecule has 0 N–H and O–H groups in total. The van der Waals surface area contributed by atoms with Crippen LogP contribution in [0.2, 0.25) is 0 Å². The van der Waals surface area contributed by atoms with E-state index in [0.29, 0.717) is 31.0 Å². The van der Waals surface area contributed by atoms with Gasteiger partial charge in [0, 0.05) is 38.6 Å². The topological polar surface area (TPSA) is 83.5 Å². The zero-order valence-electron chi connectivity index (χ0n) is 13.2. The van der Waals surface area contributed by atoms with E-state index in [4.69, 9.17) is 0 Å². The van der Waals surface area contributed by atoms with Crippen molar-refractivity contribution in [1.82, 2.24) is 14.9 Å². The van der Waals surface area contributed by atoms with Crippen LogP contribution in [0.25, 0.3) is 0 Å². The first-order valence-electron chi connectivity index (χ1n) is 7.42. The molecule has 8 heteroatoms. The molecule has 122 valence electrons. The average Bonchev–Trinajstić information content (AvgIpc) is 2.88. The molecule has 0 aliphatic carbocycles. The van der Waals surface area contributed by atoms with Crippen molar-refractivity contribution in [2.45, 2.75) is 26.3 Å². The maximum atomic E-state index is 12.2. The van der Waals surface area contributed by atoms with Crippen molar-refractivity contribution in [1.29, 1.82) is 0 Å². The molecule has 0 saturated carbocycles. The molecule has 2 rings (SSSR count). The molecule has 1 aromatic rings. The Balaban J connectivity index is 2.10. The Morgan fingerprint density at radius 1 is 1.27 bits per heavy atom. The lowest BCUT2D eigenvalue weighted by Gasteiger charge is -2.23. The fourth-order valence-electron chi connectivity index (χ4n) is 2.55. The molecule has 1 saturated heterocycles. The average molecular weight is 326 g/mol. The first-order valence-corrected chi connectivity index (χ1v) is 9.24. The lowest BCUT2D eigenvalue weighted by molar-refractivity contribution is 0.0772. The predicted octanol–water partition coefficient (Wildman–Crippen LogP) is 0.582. The van der Waals surface area contributed by atoms with E-state index in [0.717, 1.165) is 0 Å². The van der Waals surface area contributed by atoms with Gasteiger partial charge in [-0.2, -0.15) is 0 Å². The van der Waals surface area contributed by atoms with Gasteiger partial charge in [-0.25, -0.2) is 18.4 Å². The minimum absolute atomic E-state index is 0.0948. The zero-order chi connectivity index (χ0) is 16.3. The third-order valence-electron chi connectivity index (χ3n) is 4.01. The summed E-state index contributed by atoms with van der Waals surface area (Å²) in [7, 11) is -1.16. The summed E-state index contributed by atoms with van der Waals surface area (Å²) in [6, 6.07) is -0.102. The van der Waals surface area contributed by atoms with Gasteiger partial charge in [-0.05, 0) is 20.3 Å². The smallest absolute Gasteiger partial charge is 0.256 e. The van der Waals surface area contributed by atoms with Crippen LogP contribution in [0.15, 0.2) is 12.4 Å². The van der Waals surface area contributed by atoms with E-state index in [9.17, 15) is 13.2 Å². The molecule has 0 aromatic carbocycles. The number of carbonyl (C=O) groups is 1. The Morgan fingerprint density at radius 2 is 1.86 bits per heavy atom. The third kappa shape index (κ3) is 3.55. The van der Waals surface area contributed by atoms with Crippen molar-refractivity contribution in [3.63, 3.8) is 0 Å². The van der Waals surface area contributed by atoms with E-state index < -0.39 is 9.84 Å². The number of aromatic nitrogens is 2. The van der Waals surface area contributed by atoms with E-state index in [-0.39, 0.29) is 23.5 Å². The van der Waals surface area contributed by atoms with Crippen molar-refractivity contribution in [3.05, 3.63) is 18.0 Å². The number of anilines is 1. The number of carbonyl (C=O) groups excluding carboxylic acids is 1. The van der Waals surface area contributed by atoms with Crippen molar-refractivity contribution in [3.8, 4) is 0 Å². The van der Waals surface area contributed by atoms with E-state index >= 15 is 0 Å². The first-order chi connectivity index (χ1) is 10.4. The van der Waals surface area contributed by atoms with Gasteiger partial charge in [0.05, 0.1) is 17.1 Å². The Bertz CT molecular complexity index is 626. The second-order valence-corrected chi connectivity index (χ2v) is 7.65. The fraction of sp³-hybridized carbons (Fsp3) is 0.643. The summed E-state index contributed by atoms with van der Waals surface area (Å²) in [5.41, 5.74) is 0.444. The van der Waals surface area contributed by atoms with Crippen LogP contribution in [0.4, 0.5) is 5.95 Å². The fourth-order valence-corrected chi connectivity index (χ4v) is 4.33. The van der Waals surface area contributed by atoms with Crippen LogP contribution >= 0.6 is 0 Å². The van der Waals surface area contributed by atoms with Gasteiger partial charge in [0.15, 0.2) is 9.84 Å². The Labute approximate surface area is 131 Å². The largest absolute Gasteiger partial charge is 0.340 e. The SMILES string of the molecule is CCN(CC)C(=O)c1cnc(N(C)C2CCS(=O)(=O)C2)nc1. The molecule has 1 aromatic heterocycles. The van der Waals surface area contributed by atoms with Crippen molar-refractivity contribution < 1.29 is 13.2 Å². The normalized spacial score (nSPS) is 19.9. The molecule has 22 heavy (non-hydrogen) atoms. The van der Waals surface area contributed by atoms with Gasteiger partial charge in [-0.15, -0.1) is 0 Å². The maximum Gasteiger partial charge on any atom is 0.256 e. The van der Waals surface area contributed by atoms with Crippen LogP contribution in [0.1, 0.15) is 30.6 Å². The van der Waals surface area contributed by atoms with Crippen LogP contribution in [0.5, 0.6) is 0 Å². The molecule has 1 unspecified atom stereocenters. The van der Waals surface area contributed by atoms with Gasteiger partial charge < -0.3 is 9.80 Å². The second-order valence-electron chi connectivity index (χ2n) is 5.42. The van der Waals surface area contributed by atoms with Crippen molar-refractivity contribution in [2.24, 2.45) is 0 Å². The van der Waals surface area contributed by atoms with E-state index in [1.165, 1.54) is 12.4 Å². The highest BCUT2D eigenvalue weighted by atomic mass is 32.2. The van der Waals surface area contributed by atoms with E-state index in [1.54, 1.807) is 16.8 Å². The van der Waals surface area contributed by atoms with Crippen LogP contribution < -0.4 is 4.90 Å². The molecular weight excluding hydrogens is 304 g/mol. The first kappa shape index (κ1) is 16.7. The van der Waals surface area contributed by atoms with Gasteiger partial charge in [-0.3, -0.25) is 4.79 Å². The summed E-state index contributed by atoms with van der Waals surface area (Å²) in [4.78, 5) is 24.1. The van der Waals surface area contributed by atoms with Crippen LogP contribution in [-0.2, 0) is 9.84 Å². The number of amides is 1. The molecule has 0 radical (unpaired) electrons. The lowest BCUT2D eigenvalue weighted by atomic mass is 10.2. The third-order valence-corrected chi connectivity index (χ3v) is 5.76. The number of nitrogens with zero attached hydrogens (tertiary/aromatic N) is 4. The summed E-state index contributed by atoms with van der Waals surface area (Å²) in [5, 5.41) is 0.